The van der Waals surface area contributed by atoms with E-state index < -0.39 is 0 Å². The Kier molecular flexibility index (Phi) is 2.54. The molecule has 0 radical (unpaired) electrons. The summed E-state index contributed by atoms with van der Waals surface area (Å²) in [5.74, 6) is 0. The number of aromatic nitrogens is 1. The summed E-state index contributed by atoms with van der Waals surface area (Å²) in [6.45, 7) is 0.430. The molecule has 1 aliphatic rings. The van der Waals surface area contributed by atoms with Crippen LogP contribution in [0.25, 0.3) is 10.9 Å². The second kappa shape index (κ2) is 4.19. The Balaban J connectivity index is 2.10. The number of H-pyrrole nitrogens is 1. The number of aliphatic imine (C=N–C) groups is 1. The molecular weight excluding hydrogens is 212 g/mol. The van der Waals surface area contributed by atoms with Crippen LogP contribution < -0.4 is 0 Å². The molecule has 0 spiro atoms. The molecule has 17 heavy (non-hydrogen) atoms. The maximum absolute atomic E-state index is 10.1. The fourth-order valence-electron chi connectivity index (χ4n) is 2.68. The first-order chi connectivity index (χ1) is 8.38. The smallest absolute Gasteiger partial charge is 0.235 e. The van der Waals surface area contributed by atoms with E-state index in [0.29, 0.717) is 6.54 Å². The van der Waals surface area contributed by atoms with Crippen LogP contribution in [-0.4, -0.2) is 11.1 Å². The maximum atomic E-state index is 10.1. The molecule has 3 heteroatoms. The Morgan fingerprint density at radius 2 is 2.18 bits per heavy atom. The largest absolute Gasteiger partial charge is 0.358 e. The van der Waals surface area contributed by atoms with Crippen molar-refractivity contribution in [3.63, 3.8) is 0 Å². The highest BCUT2D eigenvalue weighted by molar-refractivity contribution is 5.85. The molecule has 0 amide bonds. The number of nitrogens with one attached hydrogen (secondary N) is 1. The second-order valence-electron chi connectivity index (χ2n) is 4.58. The van der Waals surface area contributed by atoms with E-state index in [9.17, 15) is 4.79 Å². The zero-order valence-corrected chi connectivity index (χ0v) is 9.62. The number of nitrogens with zero attached hydrogens (tertiary/aromatic N) is 1. The van der Waals surface area contributed by atoms with Crippen LogP contribution >= 0.6 is 0 Å². The summed E-state index contributed by atoms with van der Waals surface area (Å²) in [5, 5.41) is 1.30. The molecule has 2 aromatic rings. The zero-order valence-electron chi connectivity index (χ0n) is 9.62. The van der Waals surface area contributed by atoms with Gasteiger partial charge in [0, 0.05) is 16.6 Å². The highest BCUT2D eigenvalue weighted by Gasteiger charge is 2.15. The Morgan fingerprint density at radius 3 is 3.06 bits per heavy atom. The molecule has 0 fully saturated rings. The summed E-state index contributed by atoms with van der Waals surface area (Å²) in [6.07, 6.45) is 6.46. The van der Waals surface area contributed by atoms with Crippen LogP contribution in [0, 0.1) is 0 Å². The number of fused-ring (bicyclic) bond motifs is 3. The Hall–Kier alpha value is -1.86. The zero-order chi connectivity index (χ0) is 11.7. The number of carbonyl (C=O) groups excluding carboxylic acids is 1. The number of rotatable bonds is 2. The van der Waals surface area contributed by atoms with E-state index in [0.717, 1.165) is 18.4 Å². The molecule has 1 aromatic heterocycles. The van der Waals surface area contributed by atoms with E-state index in [1.165, 1.54) is 35.0 Å². The maximum Gasteiger partial charge on any atom is 0.235 e. The molecule has 1 aromatic carbocycles. The van der Waals surface area contributed by atoms with Gasteiger partial charge in [-0.3, -0.25) is 0 Å². The average molecular weight is 226 g/mol. The molecule has 0 bridgehead atoms. The van der Waals surface area contributed by atoms with E-state index in [1.54, 1.807) is 6.08 Å². The number of aryl methyl sites for hydroxylation is 2. The quantitative estimate of drug-likeness (QED) is 0.621. The fraction of sp³-hybridized carbons (Fsp3) is 0.357. The molecule has 1 N–H and O–H groups in total. The predicted molar refractivity (Wildman–Crippen MR) is 66.8 cm³/mol. The number of isocyanates is 1. The van der Waals surface area contributed by atoms with Crippen LogP contribution in [0.4, 0.5) is 0 Å². The minimum atomic E-state index is 0.430. The van der Waals surface area contributed by atoms with Crippen molar-refractivity contribution in [2.75, 3.05) is 0 Å². The topological polar surface area (TPSA) is 45.2 Å². The first-order valence-corrected chi connectivity index (χ1v) is 6.04. The van der Waals surface area contributed by atoms with Crippen molar-refractivity contribution in [2.45, 2.75) is 32.2 Å². The van der Waals surface area contributed by atoms with Crippen LogP contribution in [0.2, 0.25) is 0 Å². The molecule has 0 atom stereocenters. The van der Waals surface area contributed by atoms with E-state index in [1.807, 2.05) is 6.07 Å². The van der Waals surface area contributed by atoms with Crippen LogP contribution in [0.3, 0.4) is 0 Å². The van der Waals surface area contributed by atoms with Gasteiger partial charge in [0.2, 0.25) is 6.08 Å². The molecule has 0 saturated carbocycles. The first kappa shape index (κ1) is 10.3. The molecule has 86 valence electrons. The lowest BCUT2D eigenvalue weighted by Gasteiger charge is -2.10. The van der Waals surface area contributed by atoms with Crippen LogP contribution in [0.1, 0.15) is 29.7 Å². The van der Waals surface area contributed by atoms with Gasteiger partial charge in [0.1, 0.15) is 0 Å². The molecule has 1 aliphatic carbocycles. The third-order valence-corrected chi connectivity index (χ3v) is 3.49. The summed E-state index contributed by atoms with van der Waals surface area (Å²) in [5.41, 5.74) is 5.13. The van der Waals surface area contributed by atoms with Gasteiger partial charge in [-0.1, -0.05) is 6.07 Å². The lowest BCUT2D eigenvalue weighted by atomic mass is 9.95. The lowest BCUT2D eigenvalue weighted by molar-refractivity contribution is 0.563. The highest BCUT2D eigenvalue weighted by Crippen LogP contribution is 2.29. The van der Waals surface area contributed by atoms with Crippen molar-refractivity contribution >= 4 is 17.0 Å². The first-order valence-electron chi connectivity index (χ1n) is 6.04. The molecule has 3 rings (SSSR count). The standard InChI is InChI=1S/C14H14N2O/c17-9-15-8-10-5-6-14-12(7-10)11-3-1-2-4-13(11)16-14/h5-7,16H,1-4,8H2. The van der Waals surface area contributed by atoms with Crippen molar-refractivity contribution < 1.29 is 4.79 Å². The molecule has 1 heterocycles. The summed E-state index contributed by atoms with van der Waals surface area (Å²) < 4.78 is 0. The normalized spacial score (nSPS) is 14.4. The van der Waals surface area contributed by atoms with E-state index in [-0.39, 0.29) is 0 Å². The summed E-state index contributed by atoms with van der Waals surface area (Å²) in [6, 6.07) is 6.26. The molecule has 0 aliphatic heterocycles. The van der Waals surface area contributed by atoms with E-state index >= 15 is 0 Å². The SMILES string of the molecule is O=C=NCc1ccc2[nH]c3c(c2c1)CCCC3. The summed E-state index contributed by atoms with van der Waals surface area (Å²) >= 11 is 0. The van der Waals surface area contributed by atoms with Gasteiger partial charge in [0.25, 0.3) is 0 Å². The minimum absolute atomic E-state index is 0.430. The van der Waals surface area contributed by atoms with Gasteiger partial charge < -0.3 is 4.98 Å². The van der Waals surface area contributed by atoms with Crippen molar-refractivity contribution in [2.24, 2.45) is 4.99 Å². The predicted octanol–water partition coefficient (Wildman–Crippen LogP) is 2.88. The van der Waals surface area contributed by atoms with Gasteiger partial charge >= 0.3 is 0 Å². The second-order valence-corrected chi connectivity index (χ2v) is 4.58. The van der Waals surface area contributed by atoms with Gasteiger partial charge in [-0.25, -0.2) is 9.79 Å². The van der Waals surface area contributed by atoms with Gasteiger partial charge in [-0.05, 0) is 48.9 Å². The van der Waals surface area contributed by atoms with Crippen LogP contribution in [0.5, 0.6) is 0 Å². The van der Waals surface area contributed by atoms with E-state index in [2.05, 4.69) is 22.1 Å². The Labute approximate surface area is 99.6 Å². The Bertz CT molecular complexity index is 606. The van der Waals surface area contributed by atoms with Crippen LogP contribution in [-0.2, 0) is 24.2 Å². The third kappa shape index (κ3) is 1.79. The van der Waals surface area contributed by atoms with Gasteiger partial charge in [-0.15, -0.1) is 0 Å². The van der Waals surface area contributed by atoms with Crippen molar-refractivity contribution in [3.05, 3.63) is 35.0 Å². The summed E-state index contributed by atoms with van der Waals surface area (Å²) in [4.78, 5) is 17.2. The van der Waals surface area contributed by atoms with Crippen molar-refractivity contribution in [1.29, 1.82) is 0 Å². The Morgan fingerprint density at radius 1 is 1.29 bits per heavy atom. The van der Waals surface area contributed by atoms with Crippen LogP contribution in [0.15, 0.2) is 23.2 Å². The molecule has 0 saturated heterocycles. The number of hydrogen-bond acceptors (Lipinski definition) is 2. The minimum Gasteiger partial charge on any atom is -0.358 e. The average Bonchev–Trinajstić information content (AvgIpc) is 2.74. The molecule has 3 nitrogen and oxygen atoms in total. The van der Waals surface area contributed by atoms with Gasteiger partial charge in [0.05, 0.1) is 6.54 Å². The highest BCUT2D eigenvalue weighted by atomic mass is 16.1. The van der Waals surface area contributed by atoms with Crippen molar-refractivity contribution in [3.8, 4) is 0 Å². The number of hydrogen-bond donors (Lipinski definition) is 1. The van der Waals surface area contributed by atoms with Gasteiger partial charge in [0.15, 0.2) is 0 Å². The lowest BCUT2D eigenvalue weighted by Crippen LogP contribution is -2.00. The number of benzene rings is 1. The van der Waals surface area contributed by atoms with Crippen molar-refractivity contribution in [1.82, 2.24) is 4.98 Å². The van der Waals surface area contributed by atoms with Gasteiger partial charge in [-0.2, -0.15) is 0 Å². The summed E-state index contributed by atoms with van der Waals surface area (Å²) in [7, 11) is 0. The fourth-order valence-corrected chi connectivity index (χ4v) is 2.68. The monoisotopic (exact) mass is 226 g/mol. The third-order valence-electron chi connectivity index (χ3n) is 3.49. The van der Waals surface area contributed by atoms with E-state index in [4.69, 9.17) is 0 Å². The number of aromatic amines is 1. The molecular formula is C14H14N2O. The molecule has 0 unspecified atom stereocenters.